The highest BCUT2D eigenvalue weighted by Crippen LogP contribution is 2.35. The molecule has 1 aliphatic carbocycles. The molecule has 0 aliphatic heterocycles. The smallest absolute Gasteiger partial charge is 0.0595 e. The standard InChI is InChI=1S/C13H15Cl2O/c1-16-11-5-2-9(3-6-11)10-4-7-12(14)13(15)8-10/h4,7-8,11H,2-3,5-6H2,1H3. The van der Waals surface area contributed by atoms with Crippen LogP contribution in [-0.4, -0.2) is 13.2 Å². The summed E-state index contributed by atoms with van der Waals surface area (Å²) in [6, 6.07) is 5.89. The lowest BCUT2D eigenvalue weighted by Crippen LogP contribution is -2.19. The molecule has 87 valence electrons. The molecule has 1 fully saturated rings. The van der Waals surface area contributed by atoms with E-state index >= 15 is 0 Å². The first-order valence-electron chi connectivity index (χ1n) is 5.53. The van der Waals surface area contributed by atoms with Crippen LogP contribution in [0.15, 0.2) is 18.2 Å². The largest absolute Gasteiger partial charge is 0.381 e. The summed E-state index contributed by atoms with van der Waals surface area (Å²) in [6.45, 7) is 0. The highest BCUT2D eigenvalue weighted by Gasteiger charge is 2.22. The minimum atomic E-state index is 0.423. The lowest BCUT2D eigenvalue weighted by atomic mass is 9.83. The van der Waals surface area contributed by atoms with Gasteiger partial charge in [0.05, 0.1) is 16.1 Å². The van der Waals surface area contributed by atoms with Crippen LogP contribution in [-0.2, 0) is 4.74 Å². The summed E-state index contributed by atoms with van der Waals surface area (Å²) in [5.74, 6) is 1.46. The summed E-state index contributed by atoms with van der Waals surface area (Å²) in [5.41, 5.74) is 1.23. The zero-order valence-electron chi connectivity index (χ0n) is 9.30. The zero-order valence-corrected chi connectivity index (χ0v) is 10.8. The van der Waals surface area contributed by atoms with Crippen LogP contribution in [0.25, 0.3) is 0 Å². The Bertz CT molecular complexity index is 357. The maximum absolute atomic E-state index is 6.02. The van der Waals surface area contributed by atoms with Crippen LogP contribution in [0.4, 0.5) is 0 Å². The van der Waals surface area contributed by atoms with Gasteiger partial charge in [-0.05, 0) is 43.4 Å². The second-order valence-corrected chi connectivity index (χ2v) is 4.98. The molecular weight excluding hydrogens is 243 g/mol. The van der Waals surface area contributed by atoms with Gasteiger partial charge in [0.1, 0.15) is 0 Å². The van der Waals surface area contributed by atoms with Crippen molar-refractivity contribution < 1.29 is 4.74 Å². The molecular formula is C13H15Cl2O. The van der Waals surface area contributed by atoms with E-state index in [-0.39, 0.29) is 0 Å². The Balaban J connectivity index is 2.05. The Morgan fingerprint density at radius 2 is 1.81 bits per heavy atom. The van der Waals surface area contributed by atoms with Crippen molar-refractivity contribution in [1.82, 2.24) is 0 Å². The van der Waals surface area contributed by atoms with Crippen molar-refractivity contribution in [3.05, 3.63) is 39.7 Å². The van der Waals surface area contributed by atoms with E-state index < -0.39 is 0 Å². The minimum absolute atomic E-state index is 0.423. The molecule has 0 bridgehead atoms. The molecule has 0 atom stereocenters. The normalized spacial score (nSPS) is 18.9. The molecule has 16 heavy (non-hydrogen) atoms. The lowest BCUT2D eigenvalue weighted by molar-refractivity contribution is 0.0764. The Kier molecular flexibility index (Phi) is 4.12. The van der Waals surface area contributed by atoms with E-state index in [4.69, 9.17) is 27.9 Å². The Morgan fingerprint density at radius 3 is 2.38 bits per heavy atom. The van der Waals surface area contributed by atoms with Crippen molar-refractivity contribution in [1.29, 1.82) is 0 Å². The molecule has 0 N–H and O–H groups in total. The van der Waals surface area contributed by atoms with Crippen LogP contribution in [0.3, 0.4) is 0 Å². The first kappa shape index (κ1) is 12.2. The molecule has 1 aliphatic rings. The van der Waals surface area contributed by atoms with Gasteiger partial charge in [-0.2, -0.15) is 0 Å². The van der Waals surface area contributed by atoms with E-state index in [2.05, 4.69) is 6.07 Å². The highest BCUT2D eigenvalue weighted by molar-refractivity contribution is 6.42. The van der Waals surface area contributed by atoms with Gasteiger partial charge in [-0.25, -0.2) is 0 Å². The van der Waals surface area contributed by atoms with Gasteiger partial charge in [0.25, 0.3) is 0 Å². The van der Waals surface area contributed by atoms with Crippen LogP contribution >= 0.6 is 23.2 Å². The van der Waals surface area contributed by atoms with Gasteiger partial charge in [0.15, 0.2) is 0 Å². The molecule has 0 heterocycles. The third kappa shape index (κ3) is 2.71. The molecule has 1 radical (unpaired) electrons. The van der Waals surface area contributed by atoms with Crippen molar-refractivity contribution in [2.75, 3.05) is 7.11 Å². The lowest BCUT2D eigenvalue weighted by Gasteiger charge is -2.27. The van der Waals surface area contributed by atoms with E-state index in [1.807, 2.05) is 12.1 Å². The summed E-state index contributed by atoms with van der Waals surface area (Å²) < 4.78 is 5.36. The van der Waals surface area contributed by atoms with E-state index in [0.29, 0.717) is 16.1 Å². The number of halogens is 2. The summed E-state index contributed by atoms with van der Waals surface area (Å²) in [5, 5.41) is 1.26. The van der Waals surface area contributed by atoms with E-state index in [1.165, 1.54) is 11.5 Å². The monoisotopic (exact) mass is 257 g/mol. The SMILES string of the molecule is COC1CC[C](c2ccc(Cl)c(Cl)c2)CC1. The molecule has 0 amide bonds. The Labute approximate surface area is 107 Å². The predicted octanol–water partition coefficient (Wildman–Crippen LogP) is 4.50. The van der Waals surface area contributed by atoms with Crippen LogP contribution in [0.1, 0.15) is 31.2 Å². The molecule has 0 saturated heterocycles. The van der Waals surface area contributed by atoms with Crippen LogP contribution < -0.4 is 0 Å². The van der Waals surface area contributed by atoms with Gasteiger partial charge < -0.3 is 4.74 Å². The fraction of sp³-hybridized carbons (Fsp3) is 0.462. The fourth-order valence-corrected chi connectivity index (χ4v) is 2.48. The minimum Gasteiger partial charge on any atom is -0.381 e. The van der Waals surface area contributed by atoms with Crippen molar-refractivity contribution >= 4 is 23.2 Å². The Morgan fingerprint density at radius 1 is 1.12 bits per heavy atom. The van der Waals surface area contributed by atoms with E-state index in [0.717, 1.165) is 25.7 Å². The van der Waals surface area contributed by atoms with Crippen LogP contribution in [0.2, 0.25) is 10.0 Å². The van der Waals surface area contributed by atoms with Gasteiger partial charge in [-0.3, -0.25) is 0 Å². The number of hydrogen-bond donors (Lipinski definition) is 0. The van der Waals surface area contributed by atoms with Gasteiger partial charge in [-0.1, -0.05) is 29.3 Å². The van der Waals surface area contributed by atoms with Crippen molar-refractivity contribution in [3.8, 4) is 0 Å². The molecule has 0 unspecified atom stereocenters. The van der Waals surface area contributed by atoms with Gasteiger partial charge in [0, 0.05) is 13.0 Å². The number of ether oxygens (including phenoxy) is 1. The fourth-order valence-electron chi connectivity index (χ4n) is 2.18. The first-order valence-corrected chi connectivity index (χ1v) is 6.29. The molecule has 0 aromatic heterocycles. The third-order valence-electron chi connectivity index (χ3n) is 3.20. The van der Waals surface area contributed by atoms with Crippen molar-refractivity contribution in [2.45, 2.75) is 31.8 Å². The second-order valence-electron chi connectivity index (χ2n) is 4.17. The number of benzene rings is 1. The Hall–Kier alpha value is -0.240. The number of hydrogen-bond acceptors (Lipinski definition) is 1. The summed E-state index contributed by atoms with van der Waals surface area (Å²) >= 11 is 11.9. The summed E-state index contributed by atoms with van der Waals surface area (Å²) in [4.78, 5) is 0. The second kappa shape index (κ2) is 5.39. The highest BCUT2D eigenvalue weighted by atomic mass is 35.5. The van der Waals surface area contributed by atoms with Crippen molar-refractivity contribution in [2.24, 2.45) is 0 Å². The molecule has 1 nitrogen and oxygen atoms in total. The van der Waals surface area contributed by atoms with E-state index in [9.17, 15) is 0 Å². The van der Waals surface area contributed by atoms with Crippen LogP contribution in [0.5, 0.6) is 0 Å². The predicted molar refractivity (Wildman–Crippen MR) is 68.1 cm³/mol. The third-order valence-corrected chi connectivity index (χ3v) is 3.94. The summed E-state index contributed by atoms with van der Waals surface area (Å²) in [7, 11) is 1.79. The average Bonchev–Trinajstić information content (AvgIpc) is 2.33. The van der Waals surface area contributed by atoms with Gasteiger partial charge >= 0.3 is 0 Å². The topological polar surface area (TPSA) is 9.23 Å². The molecule has 1 saturated carbocycles. The maximum atomic E-state index is 6.02. The molecule has 2 rings (SSSR count). The molecule has 3 heteroatoms. The average molecular weight is 258 g/mol. The zero-order chi connectivity index (χ0) is 11.5. The molecule has 1 aromatic carbocycles. The quantitative estimate of drug-likeness (QED) is 0.758. The van der Waals surface area contributed by atoms with E-state index in [1.54, 1.807) is 7.11 Å². The molecule has 0 spiro atoms. The van der Waals surface area contributed by atoms with Crippen LogP contribution in [0, 0.1) is 5.92 Å². The number of rotatable bonds is 2. The van der Waals surface area contributed by atoms with Gasteiger partial charge in [0.2, 0.25) is 0 Å². The maximum Gasteiger partial charge on any atom is 0.0595 e. The summed E-state index contributed by atoms with van der Waals surface area (Å²) in [6.07, 6.45) is 4.82. The van der Waals surface area contributed by atoms with Crippen molar-refractivity contribution in [3.63, 3.8) is 0 Å². The number of methoxy groups -OCH3 is 1. The first-order chi connectivity index (χ1) is 7.70. The van der Waals surface area contributed by atoms with Gasteiger partial charge in [-0.15, -0.1) is 0 Å². The molecule has 1 aromatic rings.